The summed E-state index contributed by atoms with van der Waals surface area (Å²) in [6.07, 6.45) is 10.8. The number of benzene rings is 1. The van der Waals surface area contributed by atoms with Crippen LogP contribution in [0, 0.1) is 6.92 Å². The first-order chi connectivity index (χ1) is 13.0. The topological polar surface area (TPSA) is 21.3 Å². The van der Waals surface area contributed by atoms with Gasteiger partial charge in [0.2, 0.25) is 0 Å². The molecule has 0 aliphatic rings. The van der Waals surface area contributed by atoms with Gasteiger partial charge in [0, 0.05) is 6.54 Å². The zero-order valence-electron chi connectivity index (χ0n) is 18.7. The molecule has 3 heteroatoms. The van der Waals surface area contributed by atoms with Crippen molar-refractivity contribution in [1.29, 1.82) is 0 Å². The summed E-state index contributed by atoms with van der Waals surface area (Å²) in [6.45, 7) is 13.2. The Morgan fingerprint density at radius 2 is 1.41 bits per heavy atom. The molecule has 0 aromatic heterocycles. The molecule has 1 N–H and O–H groups in total. The highest BCUT2D eigenvalue weighted by Crippen LogP contribution is 2.23. The minimum Gasteiger partial charge on any atom is -0.324 e. The third-order valence-corrected chi connectivity index (χ3v) is 5.53. The van der Waals surface area contributed by atoms with Gasteiger partial charge in [0.25, 0.3) is 0 Å². The average molecular weight is 378 g/mol. The van der Waals surface area contributed by atoms with Crippen LogP contribution < -0.4 is 5.48 Å². The number of quaternary nitrogens is 1. The van der Waals surface area contributed by atoms with E-state index in [4.69, 9.17) is 4.84 Å². The van der Waals surface area contributed by atoms with E-state index < -0.39 is 0 Å². The predicted octanol–water partition coefficient (Wildman–Crippen LogP) is 6.18. The summed E-state index contributed by atoms with van der Waals surface area (Å²) in [5.74, 6) is 0. The van der Waals surface area contributed by atoms with Crippen LogP contribution in [0.3, 0.4) is 0 Å². The summed E-state index contributed by atoms with van der Waals surface area (Å²) >= 11 is 0. The molecule has 0 saturated heterocycles. The Bertz CT molecular complexity index is 460. The lowest BCUT2D eigenvalue weighted by molar-refractivity contribution is -0.914. The molecule has 0 radical (unpaired) electrons. The van der Waals surface area contributed by atoms with E-state index in [1.54, 1.807) is 0 Å². The van der Waals surface area contributed by atoms with Gasteiger partial charge in [0.15, 0.2) is 6.10 Å². The molecule has 0 aliphatic carbocycles. The first-order valence-electron chi connectivity index (χ1n) is 11.3. The largest absolute Gasteiger partial charge is 0.324 e. The van der Waals surface area contributed by atoms with Crippen LogP contribution in [0.1, 0.15) is 89.4 Å². The normalized spacial score (nSPS) is 13.1. The number of hydroxylamine groups is 1. The first kappa shape index (κ1) is 24.1. The number of nitrogens with zero attached hydrogens (tertiary/aromatic N) is 1. The Kier molecular flexibility index (Phi) is 12.6. The van der Waals surface area contributed by atoms with Gasteiger partial charge in [0.1, 0.15) is 6.54 Å². The highest BCUT2D eigenvalue weighted by atomic mass is 16.7. The second-order valence-corrected chi connectivity index (χ2v) is 8.39. The Hall–Kier alpha value is -0.900. The van der Waals surface area contributed by atoms with Gasteiger partial charge in [-0.15, -0.1) is 0 Å². The van der Waals surface area contributed by atoms with E-state index in [0.29, 0.717) is 0 Å². The molecule has 1 aromatic rings. The van der Waals surface area contributed by atoms with Gasteiger partial charge in [-0.2, -0.15) is 0 Å². The van der Waals surface area contributed by atoms with Crippen molar-refractivity contribution in [3.05, 3.63) is 35.4 Å². The summed E-state index contributed by atoms with van der Waals surface area (Å²) in [7, 11) is 2.44. The van der Waals surface area contributed by atoms with Gasteiger partial charge in [-0.05, 0) is 38.2 Å². The molecule has 1 rings (SSSR count). The zero-order chi connectivity index (χ0) is 20.0. The third-order valence-electron chi connectivity index (χ3n) is 5.53. The summed E-state index contributed by atoms with van der Waals surface area (Å²) in [5, 5.41) is 0. The van der Waals surface area contributed by atoms with Crippen molar-refractivity contribution in [3.8, 4) is 0 Å². The summed E-state index contributed by atoms with van der Waals surface area (Å²) < 4.78 is 1.11. The molecule has 0 spiro atoms. The monoisotopic (exact) mass is 377 g/mol. The maximum Gasteiger partial charge on any atom is 0.153 e. The Labute approximate surface area is 169 Å². The highest BCUT2D eigenvalue weighted by Gasteiger charge is 2.28. The molecular weight excluding hydrogens is 332 g/mol. The second-order valence-electron chi connectivity index (χ2n) is 8.39. The Morgan fingerprint density at radius 1 is 0.852 bits per heavy atom. The van der Waals surface area contributed by atoms with E-state index in [2.05, 4.69) is 64.5 Å². The number of unbranched alkanes of at least 4 members (excludes halogenated alkanes) is 6. The standard InChI is InChI=1S/C24H45N2O/c1-6-9-11-13-19-26(5,20-14-12-10-7-2)21-24(27-25-8-3)23-17-15-22(4)16-18-23/h15-18,24-25H,6-14,19-21H2,1-5H3/q+1. The molecule has 3 nitrogen and oxygen atoms in total. The maximum atomic E-state index is 6.10. The number of rotatable bonds is 16. The van der Waals surface area contributed by atoms with Gasteiger partial charge in [0.05, 0.1) is 20.1 Å². The van der Waals surface area contributed by atoms with E-state index >= 15 is 0 Å². The van der Waals surface area contributed by atoms with Crippen molar-refractivity contribution in [1.82, 2.24) is 5.48 Å². The minimum atomic E-state index is 0.105. The molecule has 0 aliphatic heterocycles. The van der Waals surface area contributed by atoms with E-state index in [1.165, 1.54) is 75.6 Å². The molecule has 1 unspecified atom stereocenters. The van der Waals surface area contributed by atoms with Crippen LogP contribution in [0.5, 0.6) is 0 Å². The highest BCUT2D eigenvalue weighted by molar-refractivity contribution is 5.23. The molecule has 0 fully saturated rings. The van der Waals surface area contributed by atoms with Crippen LogP contribution in [0.2, 0.25) is 0 Å². The first-order valence-corrected chi connectivity index (χ1v) is 11.3. The number of aryl methyl sites for hydroxylation is 1. The van der Waals surface area contributed by atoms with Gasteiger partial charge >= 0.3 is 0 Å². The summed E-state index contributed by atoms with van der Waals surface area (Å²) in [4.78, 5) is 6.10. The van der Waals surface area contributed by atoms with Crippen LogP contribution in [0.25, 0.3) is 0 Å². The van der Waals surface area contributed by atoms with E-state index in [-0.39, 0.29) is 6.10 Å². The Morgan fingerprint density at radius 3 is 1.89 bits per heavy atom. The molecular formula is C24H45N2O+. The van der Waals surface area contributed by atoms with E-state index in [0.717, 1.165) is 17.6 Å². The quantitative estimate of drug-likeness (QED) is 0.211. The van der Waals surface area contributed by atoms with E-state index in [1.807, 2.05) is 0 Å². The molecule has 27 heavy (non-hydrogen) atoms. The number of hydrogen-bond acceptors (Lipinski definition) is 2. The van der Waals surface area contributed by atoms with Crippen molar-refractivity contribution in [2.75, 3.05) is 33.2 Å². The minimum absolute atomic E-state index is 0.105. The van der Waals surface area contributed by atoms with Crippen LogP contribution in [-0.4, -0.2) is 37.7 Å². The van der Waals surface area contributed by atoms with Gasteiger partial charge < -0.3 is 4.48 Å². The number of hydrogen-bond donors (Lipinski definition) is 1. The maximum absolute atomic E-state index is 6.10. The Balaban J connectivity index is 2.81. The van der Waals surface area contributed by atoms with Crippen molar-refractivity contribution < 1.29 is 9.32 Å². The fraction of sp³-hybridized carbons (Fsp3) is 0.750. The SMILES string of the molecule is CCCCCC[N+](C)(CCCCCC)CC(ONCC)c1ccc(C)cc1. The van der Waals surface area contributed by atoms with Gasteiger partial charge in [-0.25, -0.2) is 5.48 Å². The van der Waals surface area contributed by atoms with Crippen molar-refractivity contribution in [2.45, 2.75) is 85.2 Å². The smallest absolute Gasteiger partial charge is 0.153 e. The van der Waals surface area contributed by atoms with Crippen LogP contribution in [0.15, 0.2) is 24.3 Å². The molecule has 1 atom stereocenters. The number of nitrogens with one attached hydrogen (secondary N) is 1. The molecule has 1 aromatic carbocycles. The lowest BCUT2D eigenvalue weighted by Gasteiger charge is -2.37. The summed E-state index contributed by atoms with van der Waals surface area (Å²) in [5.41, 5.74) is 5.72. The molecule has 0 saturated carbocycles. The summed E-state index contributed by atoms with van der Waals surface area (Å²) in [6, 6.07) is 8.86. The van der Waals surface area contributed by atoms with Crippen molar-refractivity contribution in [3.63, 3.8) is 0 Å². The number of likely N-dealkylation sites (N-methyl/N-ethyl adjacent to an activating group) is 1. The molecule has 0 heterocycles. The molecule has 0 amide bonds. The van der Waals surface area contributed by atoms with Crippen LogP contribution in [-0.2, 0) is 4.84 Å². The van der Waals surface area contributed by atoms with Crippen molar-refractivity contribution in [2.24, 2.45) is 0 Å². The fourth-order valence-corrected chi connectivity index (χ4v) is 3.71. The predicted molar refractivity (Wildman–Crippen MR) is 118 cm³/mol. The van der Waals surface area contributed by atoms with Gasteiger partial charge in [-0.1, -0.05) is 76.3 Å². The lowest BCUT2D eigenvalue weighted by Crippen LogP contribution is -2.49. The molecule has 156 valence electrons. The third kappa shape index (κ3) is 10.3. The lowest BCUT2D eigenvalue weighted by atomic mass is 10.0. The second kappa shape index (κ2) is 14.1. The molecule has 0 bridgehead atoms. The van der Waals surface area contributed by atoms with Crippen LogP contribution in [0.4, 0.5) is 0 Å². The van der Waals surface area contributed by atoms with Gasteiger partial charge in [-0.3, -0.25) is 4.84 Å². The fourth-order valence-electron chi connectivity index (χ4n) is 3.71. The van der Waals surface area contributed by atoms with Crippen LogP contribution >= 0.6 is 0 Å². The van der Waals surface area contributed by atoms with Crippen molar-refractivity contribution >= 4 is 0 Å². The zero-order valence-corrected chi connectivity index (χ0v) is 18.7. The average Bonchev–Trinajstić information content (AvgIpc) is 2.67. The van der Waals surface area contributed by atoms with E-state index in [9.17, 15) is 0 Å².